The van der Waals surface area contributed by atoms with Gasteiger partial charge in [-0.2, -0.15) is 5.10 Å². The summed E-state index contributed by atoms with van der Waals surface area (Å²) in [7, 11) is -0.0129. The van der Waals surface area contributed by atoms with Crippen LogP contribution in [0.3, 0.4) is 0 Å². The molecule has 0 aliphatic rings. The summed E-state index contributed by atoms with van der Waals surface area (Å²) in [6.07, 6.45) is 1.51. The highest BCUT2D eigenvalue weighted by Crippen LogP contribution is 2.08. The SMILES string of the molecule is CCNC(=NCc1ccc(CS(=O)(=O)NC)cc1)NCc1ncnn1C.I. The largest absolute Gasteiger partial charge is 0.357 e. The molecule has 0 spiro atoms. The summed E-state index contributed by atoms with van der Waals surface area (Å²) in [4.78, 5) is 8.70. The Morgan fingerprint density at radius 3 is 2.41 bits per heavy atom. The fourth-order valence-electron chi connectivity index (χ4n) is 2.19. The van der Waals surface area contributed by atoms with Crippen LogP contribution in [0.5, 0.6) is 0 Å². The second-order valence-electron chi connectivity index (χ2n) is 5.63. The molecule has 27 heavy (non-hydrogen) atoms. The maximum absolute atomic E-state index is 11.6. The van der Waals surface area contributed by atoms with Crippen molar-refractivity contribution in [2.45, 2.75) is 25.8 Å². The summed E-state index contributed by atoms with van der Waals surface area (Å²) in [6, 6.07) is 7.38. The normalized spacial score (nSPS) is 11.7. The van der Waals surface area contributed by atoms with Gasteiger partial charge < -0.3 is 10.6 Å². The van der Waals surface area contributed by atoms with Crippen LogP contribution in [0.15, 0.2) is 35.6 Å². The number of halogens is 1. The first-order chi connectivity index (χ1) is 12.4. The first-order valence-electron chi connectivity index (χ1n) is 8.27. The summed E-state index contributed by atoms with van der Waals surface area (Å²) < 4.78 is 27.2. The summed E-state index contributed by atoms with van der Waals surface area (Å²) in [5.41, 5.74) is 1.73. The first kappa shape index (κ1) is 23.3. The van der Waals surface area contributed by atoms with Crippen LogP contribution in [-0.4, -0.2) is 42.7 Å². The van der Waals surface area contributed by atoms with Crippen LogP contribution >= 0.6 is 24.0 Å². The van der Waals surface area contributed by atoms with Crippen molar-refractivity contribution in [3.8, 4) is 0 Å². The Morgan fingerprint density at radius 2 is 1.85 bits per heavy atom. The van der Waals surface area contributed by atoms with Crippen LogP contribution in [0.1, 0.15) is 23.9 Å². The van der Waals surface area contributed by atoms with E-state index in [9.17, 15) is 8.42 Å². The zero-order valence-electron chi connectivity index (χ0n) is 15.6. The number of hydrogen-bond donors (Lipinski definition) is 3. The van der Waals surface area contributed by atoms with E-state index in [1.165, 1.54) is 13.4 Å². The van der Waals surface area contributed by atoms with E-state index in [2.05, 4.69) is 30.4 Å². The third kappa shape index (κ3) is 7.81. The molecule has 0 radical (unpaired) electrons. The smallest absolute Gasteiger partial charge is 0.215 e. The third-order valence-electron chi connectivity index (χ3n) is 3.67. The minimum Gasteiger partial charge on any atom is -0.357 e. The van der Waals surface area contributed by atoms with Crippen molar-refractivity contribution in [2.75, 3.05) is 13.6 Å². The van der Waals surface area contributed by atoms with Gasteiger partial charge in [-0.25, -0.2) is 23.1 Å². The Bertz CT molecular complexity index is 835. The number of aromatic nitrogens is 3. The van der Waals surface area contributed by atoms with E-state index in [1.54, 1.807) is 16.8 Å². The number of guanidine groups is 1. The van der Waals surface area contributed by atoms with E-state index in [0.29, 0.717) is 19.0 Å². The van der Waals surface area contributed by atoms with Crippen molar-refractivity contribution in [3.63, 3.8) is 0 Å². The highest BCUT2D eigenvalue weighted by atomic mass is 127. The van der Waals surface area contributed by atoms with Gasteiger partial charge in [-0.15, -0.1) is 24.0 Å². The molecule has 1 aromatic heterocycles. The van der Waals surface area contributed by atoms with Gasteiger partial charge in [-0.05, 0) is 25.1 Å². The predicted molar refractivity (Wildman–Crippen MR) is 116 cm³/mol. The lowest BCUT2D eigenvalue weighted by Crippen LogP contribution is -2.37. The topological polar surface area (TPSA) is 113 Å². The Kier molecular flexibility index (Phi) is 9.66. The zero-order valence-corrected chi connectivity index (χ0v) is 18.8. The van der Waals surface area contributed by atoms with Gasteiger partial charge in [0.1, 0.15) is 12.2 Å². The molecule has 2 rings (SSSR count). The van der Waals surface area contributed by atoms with E-state index in [0.717, 1.165) is 23.5 Å². The number of rotatable bonds is 8. The van der Waals surface area contributed by atoms with Crippen LogP contribution in [0.4, 0.5) is 0 Å². The van der Waals surface area contributed by atoms with Gasteiger partial charge in [0.05, 0.1) is 18.8 Å². The number of nitrogens with zero attached hydrogens (tertiary/aromatic N) is 4. The molecule has 3 N–H and O–H groups in total. The number of aliphatic imine (C=N–C) groups is 1. The molecule has 1 heterocycles. The van der Waals surface area contributed by atoms with E-state index in [-0.39, 0.29) is 29.7 Å². The second-order valence-corrected chi connectivity index (χ2v) is 7.55. The van der Waals surface area contributed by atoms with E-state index >= 15 is 0 Å². The molecule has 0 saturated carbocycles. The quantitative estimate of drug-likeness (QED) is 0.276. The molecular formula is C16H26IN7O2S. The summed E-state index contributed by atoms with van der Waals surface area (Å²) in [5, 5.41) is 10.4. The Labute approximate surface area is 177 Å². The molecule has 0 atom stereocenters. The number of nitrogens with one attached hydrogen (secondary N) is 3. The maximum atomic E-state index is 11.6. The van der Waals surface area contributed by atoms with Gasteiger partial charge in [-0.1, -0.05) is 24.3 Å². The molecule has 11 heteroatoms. The molecule has 1 aromatic carbocycles. The van der Waals surface area contributed by atoms with Gasteiger partial charge in [-0.3, -0.25) is 4.68 Å². The van der Waals surface area contributed by atoms with Crippen LogP contribution in [0, 0.1) is 0 Å². The zero-order chi connectivity index (χ0) is 19.0. The maximum Gasteiger partial charge on any atom is 0.215 e. The van der Waals surface area contributed by atoms with Crippen molar-refractivity contribution in [2.24, 2.45) is 12.0 Å². The lowest BCUT2D eigenvalue weighted by atomic mass is 10.1. The molecule has 0 bridgehead atoms. The van der Waals surface area contributed by atoms with Gasteiger partial charge in [0, 0.05) is 13.6 Å². The molecule has 9 nitrogen and oxygen atoms in total. The molecule has 2 aromatic rings. The summed E-state index contributed by atoms with van der Waals surface area (Å²) in [5.74, 6) is 1.46. The van der Waals surface area contributed by atoms with Crippen molar-refractivity contribution in [1.82, 2.24) is 30.1 Å². The molecule has 0 fully saturated rings. The van der Waals surface area contributed by atoms with Crippen LogP contribution in [0.25, 0.3) is 0 Å². The van der Waals surface area contributed by atoms with Gasteiger partial charge in [0.25, 0.3) is 0 Å². The Morgan fingerprint density at radius 1 is 1.19 bits per heavy atom. The molecular weight excluding hydrogens is 481 g/mol. The van der Waals surface area contributed by atoms with E-state index in [1.807, 2.05) is 26.1 Å². The minimum absolute atomic E-state index is 0. The molecule has 0 saturated heterocycles. The third-order valence-corrected chi connectivity index (χ3v) is 5.01. The van der Waals surface area contributed by atoms with Gasteiger partial charge >= 0.3 is 0 Å². The van der Waals surface area contributed by atoms with Crippen LogP contribution in [-0.2, 0) is 35.9 Å². The average molecular weight is 507 g/mol. The molecule has 0 aliphatic heterocycles. The van der Waals surface area contributed by atoms with Crippen molar-refractivity contribution in [1.29, 1.82) is 0 Å². The van der Waals surface area contributed by atoms with Gasteiger partial charge in [0.2, 0.25) is 10.0 Å². The lowest BCUT2D eigenvalue weighted by Gasteiger charge is -2.11. The standard InChI is InChI=1S/C16H25N7O2S.HI/c1-4-18-16(20-10-15-21-12-22-23(15)3)19-9-13-5-7-14(8-6-13)11-26(24,25)17-2;/h5-8,12,17H,4,9-11H2,1-3H3,(H2,18,19,20);1H. The summed E-state index contributed by atoms with van der Waals surface area (Å²) >= 11 is 0. The minimum atomic E-state index is -3.26. The lowest BCUT2D eigenvalue weighted by molar-refractivity contribution is 0.587. The van der Waals surface area contributed by atoms with Crippen LogP contribution in [0.2, 0.25) is 0 Å². The second kappa shape index (κ2) is 11.2. The monoisotopic (exact) mass is 507 g/mol. The fourth-order valence-corrected chi connectivity index (χ4v) is 2.96. The van der Waals surface area contributed by atoms with Crippen molar-refractivity contribution >= 4 is 40.0 Å². The Balaban J connectivity index is 0.00000364. The highest BCUT2D eigenvalue weighted by Gasteiger charge is 2.08. The van der Waals surface area contributed by atoms with E-state index < -0.39 is 10.0 Å². The molecule has 150 valence electrons. The number of benzene rings is 1. The van der Waals surface area contributed by atoms with Crippen molar-refractivity contribution < 1.29 is 8.42 Å². The number of sulfonamides is 1. The Hall–Kier alpha value is -1.73. The van der Waals surface area contributed by atoms with Crippen LogP contribution < -0.4 is 15.4 Å². The number of hydrogen-bond acceptors (Lipinski definition) is 5. The highest BCUT2D eigenvalue weighted by molar-refractivity contribution is 14.0. The number of aryl methyl sites for hydroxylation is 1. The van der Waals surface area contributed by atoms with E-state index in [4.69, 9.17) is 0 Å². The van der Waals surface area contributed by atoms with Crippen molar-refractivity contribution in [3.05, 3.63) is 47.5 Å². The first-order valence-corrected chi connectivity index (χ1v) is 9.93. The molecule has 0 aliphatic carbocycles. The summed E-state index contributed by atoms with van der Waals surface area (Å²) in [6.45, 7) is 3.73. The molecule has 0 amide bonds. The average Bonchev–Trinajstić information content (AvgIpc) is 3.03. The predicted octanol–water partition coefficient (Wildman–Crippen LogP) is 0.738. The van der Waals surface area contributed by atoms with Gasteiger partial charge in [0.15, 0.2) is 5.96 Å². The fraction of sp³-hybridized carbons (Fsp3) is 0.438. The molecule has 0 unspecified atom stereocenters.